The van der Waals surface area contributed by atoms with Crippen LogP contribution in [0.2, 0.25) is 0 Å². The molecule has 0 fully saturated rings. The van der Waals surface area contributed by atoms with Gasteiger partial charge in [0.25, 0.3) is 6.71 Å². The number of hydrogen-bond acceptors (Lipinski definition) is 3. The van der Waals surface area contributed by atoms with Crippen LogP contribution >= 0.6 is 23.5 Å². The molecule has 0 aromatic heterocycles. The molecule has 0 atom stereocenters. The third-order valence-corrected chi connectivity index (χ3v) is 9.37. The second kappa shape index (κ2) is 7.08. The minimum absolute atomic E-state index is 0.287. The first kappa shape index (κ1) is 19.0. The van der Waals surface area contributed by atoms with E-state index in [-0.39, 0.29) is 6.71 Å². The van der Waals surface area contributed by atoms with E-state index < -0.39 is 0 Å². The molecule has 5 aromatic carbocycles. The van der Waals surface area contributed by atoms with Crippen LogP contribution in [0.25, 0.3) is 11.1 Å². The summed E-state index contributed by atoms with van der Waals surface area (Å²) < 4.78 is 0. The van der Waals surface area contributed by atoms with E-state index in [4.69, 9.17) is 0 Å². The number of anilines is 3. The van der Waals surface area contributed by atoms with Gasteiger partial charge in [-0.3, -0.25) is 0 Å². The highest BCUT2D eigenvalue weighted by molar-refractivity contribution is 8.01. The Morgan fingerprint density at radius 3 is 1.62 bits per heavy atom. The number of nitrogens with zero attached hydrogens (tertiary/aromatic N) is 1. The van der Waals surface area contributed by atoms with Crippen LogP contribution in [0.5, 0.6) is 0 Å². The van der Waals surface area contributed by atoms with E-state index in [9.17, 15) is 0 Å². The van der Waals surface area contributed by atoms with E-state index in [1.807, 2.05) is 23.5 Å². The highest BCUT2D eigenvalue weighted by Crippen LogP contribution is 2.47. The summed E-state index contributed by atoms with van der Waals surface area (Å²) >= 11 is 3.87. The van der Waals surface area contributed by atoms with Crippen LogP contribution in [-0.4, -0.2) is 6.71 Å². The van der Waals surface area contributed by atoms with Crippen LogP contribution in [0.15, 0.2) is 129 Å². The second-order valence-corrected chi connectivity index (χ2v) is 11.1. The predicted molar refractivity (Wildman–Crippen MR) is 146 cm³/mol. The van der Waals surface area contributed by atoms with Crippen molar-refractivity contribution in [3.05, 3.63) is 109 Å². The fourth-order valence-electron chi connectivity index (χ4n) is 5.72. The Bertz CT molecular complexity index is 1540. The Morgan fingerprint density at radius 2 is 1.03 bits per heavy atom. The number of hydrogen-bond donors (Lipinski definition) is 0. The first-order valence-electron chi connectivity index (χ1n) is 11.6. The van der Waals surface area contributed by atoms with E-state index in [2.05, 4.69) is 114 Å². The molecule has 0 aliphatic carbocycles. The second-order valence-electron chi connectivity index (χ2n) is 8.94. The predicted octanol–water partition coefficient (Wildman–Crippen LogP) is 6.58. The van der Waals surface area contributed by atoms with E-state index >= 15 is 0 Å². The van der Waals surface area contributed by atoms with Gasteiger partial charge in [0.05, 0.1) is 0 Å². The Morgan fingerprint density at radius 1 is 0.471 bits per heavy atom. The van der Waals surface area contributed by atoms with Crippen LogP contribution in [-0.2, 0) is 0 Å². The molecule has 0 amide bonds. The molecule has 1 nitrogen and oxygen atoms in total. The number of benzene rings is 5. The largest absolute Gasteiger partial charge is 0.311 e. The smallest absolute Gasteiger partial charge is 0.252 e. The fraction of sp³-hybridized carbons (Fsp3) is 0. The van der Waals surface area contributed by atoms with Crippen molar-refractivity contribution in [2.75, 3.05) is 4.90 Å². The highest BCUT2D eigenvalue weighted by atomic mass is 32.2. The molecule has 0 N–H and O–H groups in total. The van der Waals surface area contributed by atoms with E-state index in [1.165, 1.54) is 64.2 Å². The molecule has 158 valence electrons. The lowest BCUT2D eigenvalue weighted by Crippen LogP contribution is -2.62. The maximum atomic E-state index is 2.46. The summed E-state index contributed by atoms with van der Waals surface area (Å²) in [5, 5.41) is 0. The minimum atomic E-state index is 0.287. The Balaban J connectivity index is 1.43. The minimum Gasteiger partial charge on any atom is -0.311 e. The van der Waals surface area contributed by atoms with Gasteiger partial charge in [0.2, 0.25) is 0 Å². The van der Waals surface area contributed by atoms with Gasteiger partial charge in [-0.1, -0.05) is 84.2 Å². The van der Waals surface area contributed by atoms with E-state index in [1.54, 1.807) is 0 Å². The normalized spacial score (nSPS) is 14.1. The molecule has 3 aliphatic heterocycles. The van der Waals surface area contributed by atoms with Gasteiger partial charge in [-0.05, 0) is 76.0 Å². The Kier molecular flexibility index (Phi) is 3.96. The molecule has 0 unspecified atom stereocenters. The van der Waals surface area contributed by atoms with Gasteiger partial charge in [0.15, 0.2) is 0 Å². The van der Waals surface area contributed by atoms with Gasteiger partial charge >= 0.3 is 0 Å². The summed E-state index contributed by atoms with van der Waals surface area (Å²) in [5.41, 5.74) is 10.8. The zero-order chi connectivity index (χ0) is 22.2. The molecule has 3 aliphatic rings. The van der Waals surface area contributed by atoms with E-state index in [0.29, 0.717) is 0 Å². The molecule has 3 heterocycles. The van der Waals surface area contributed by atoms with Gasteiger partial charge in [0.1, 0.15) is 0 Å². The van der Waals surface area contributed by atoms with Crippen molar-refractivity contribution in [3.63, 3.8) is 0 Å². The lowest BCUT2D eigenvalue weighted by molar-refractivity contribution is 1.24. The average Bonchev–Trinajstić information content (AvgIpc) is 2.89. The zero-order valence-corrected chi connectivity index (χ0v) is 19.9. The summed E-state index contributed by atoms with van der Waals surface area (Å²) in [6.07, 6.45) is 0. The molecule has 0 radical (unpaired) electrons. The molecule has 0 bridgehead atoms. The quantitative estimate of drug-likeness (QED) is 0.264. The summed E-state index contributed by atoms with van der Waals surface area (Å²) in [5.74, 6) is 0. The number of rotatable bonds is 2. The maximum Gasteiger partial charge on any atom is 0.252 e. The molecule has 5 aromatic rings. The summed E-state index contributed by atoms with van der Waals surface area (Å²) in [6.45, 7) is 0.287. The van der Waals surface area contributed by atoms with Crippen molar-refractivity contribution in [1.82, 2.24) is 0 Å². The van der Waals surface area contributed by atoms with Gasteiger partial charge < -0.3 is 4.90 Å². The molecule has 34 heavy (non-hydrogen) atoms. The third kappa shape index (κ3) is 2.55. The Hall–Kier alpha value is -3.34. The van der Waals surface area contributed by atoms with Gasteiger partial charge in [-0.2, -0.15) is 0 Å². The SMILES string of the molecule is c1ccc(-c2cc3c4c(c2)Sc2cccc5c2B4c2c(cccc2N5c2ccccc2)S3)cc1. The third-order valence-electron chi connectivity index (χ3n) is 7.10. The highest BCUT2D eigenvalue weighted by Gasteiger charge is 2.45. The van der Waals surface area contributed by atoms with Crippen molar-refractivity contribution < 1.29 is 0 Å². The van der Waals surface area contributed by atoms with Crippen molar-refractivity contribution in [1.29, 1.82) is 0 Å². The molecule has 8 rings (SSSR count). The Labute approximate surface area is 207 Å². The van der Waals surface area contributed by atoms with Crippen molar-refractivity contribution >= 4 is 63.7 Å². The topological polar surface area (TPSA) is 3.24 Å². The van der Waals surface area contributed by atoms with Gasteiger partial charge in [0, 0.05) is 36.6 Å². The first-order chi connectivity index (χ1) is 16.9. The van der Waals surface area contributed by atoms with Crippen LogP contribution < -0.4 is 21.3 Å². The lowest BCUT2D eigenvalue weighted by Gasteiger charge is -2.43. The molecule has 0 spiro atoms. The van der Waals surface area contributed by atoms with Crippen LogP contribution in [0.3, 0.4) is 0 Å². The lowest BCUT2D eigenvalue weighted by atomic mass is 9.34. The van der Waals surface area contributed by atoms with Crippen molar-refractivity contribution in [3.8, 4) is 11.1 Å². The first-order valence-corrected chi connectivity index (χ1v) is 13.2. The van der Waals surface area contributed by atoms with Crippen molar-refractivity contribution in [2.24, 2.45) is 0 Å². The molecular weight excluding hydrogens is 449 g/mol. The van der Waals surface area contributed by atoms with Crippen molar-refractivity contribution in [2.45, 2.75) is 19.6 Å². The summed E-state index contributed by atoms with van der Waals surface area (Å²) in [7, 11) is 0. The number of para-hydroxylation sites is 1. The van der Waals surface area contributed by atoms with E-state index in [0.717, 1.165) is 0 Å². The monoisotopic (exact) mass is 467 g/mol. The fourth-order valence-corrected chi connectivity index (χ4v) is 8.26. The van der Waals surface area contributed by atoms with Crippen LogP contribution in [0, 0.1) is 0 Å². The van der Waals surface area contributed by atoms with Gasteiger partial charge in [-0.15, -0.1) is 0 Å². The average molecular weight is 467 g/mol. The van der Waals surface area contributed by atoms with Crippen LogP contribution in [0.1, 0.15) is 0 Å². The molecule has 4 heteroatoms. The molecule has 0 saturated carbocycles. The van der Waals surface area contributed by atoms with Crippen LogP contribution in [0.4, 0.5) is 17.1 Å². The maximum absolute atomic E-state index is 2.46. The molecule has 0 saturated heterocycles. The van der Waals surface area contributed by atoms with Gasteiger partial charge in [-0.25, -0.2) is 0 Å². The zero-order valence-electron chi connectivity index (χ0n) is 18.2. The molecular formula is C30H18BNS2. The standard InChI is InChI=1S/C30H18BNS2/c1-3-9-19(10-4-1)20-17-26-30-27(18-20)34-25-16-8-14-23-29(25)31(30)28-22(13-7-15-24(28)33-26)32(23)21-11-5-2-6-12-21/h1-18H. The summed E-state index contributed by atoms with van der Waals surface area (Å²) in [4.78, 5) is 8.00. The summed E-state index contributed by atoms with van der Waals surface area (Å²) in [6, 6.07) is 40.0.